The highest BCUT2D eigenvalue weighted by molar-refractivity contribution is 6.31. The summed E-state index contributed by atoms with van der Waals surface area (Å²) in [6.07, 6.45) is -0.0542. The van der Waals surface area contributed by atoms with Crippen molar-refractivity contribution in [2.24, 2.45) is 0 Å². The summed E-state index contributed by atoms with van der Waals surface area (Å²) < 4.78 is 21.4. The minimum Gasteiger partial charge on any atom is -0.491 e. The van der Waals surface area contributed by atoms with Gasteiger partial charge >= 0.3 is 0 Å². The molecule has 36 heavy (non-hydrogen) atoms. The molecule has 6 nitrogen and oxygen atoms in total. The number of nitrogens with one attached hydrogen (secondary N) is 2. The van der Waals surface area contributed by atoms with Crippen LogP contribution in [0.15, 0.2) is 54.6 Å². The molecule has 1 saturated heterocycles. The lowest BCUT2D eigenvalue weighted by atomic mass is 9.59. The van der Waals surface area contributed by atoms with Gasteiger partial charge in [-0.15, -0.1) is 0 Å². The van der Waals surface area contributed by atoms with E-state index in [2.05, 4.69) is 10.6 Å². The summed E-state index contributed by atoms with van der Waals surface area (Å²) in [6, 6.07) is 13.4. The van der Waals surface area contributed by atoms with E-state index in [0.29, 0.717) is 26.9 Å². The number of amides is 2. The van der Waals surface area contributed by atoms with Crippen LogP contribution in [0.1, 0.15) is 35.1 Å². The third-order valence-electron chi connectivity index (χ3n) is 6.73. The number of carbonyl (C=O) groups excluding carboxylic acids is 2. The van der Waals surface area contributed by atoms with Crippen LogP contribution in [0.5, 0.6) is 5.75 Å². The first-order valence-electron chi connectivity index (χ1n) is 11.1. The van der Waals surface area contributed by atoms with E-state index in [-0.39, 0.29) is 36.0 Å². The molecule has 186 valence electrons. The summed E-state index contributed by atoms with van der Waals surface area (Å²) in [5.41, 5.74) is 0.0521. The van der Waals surface area contributed by atoms with Crippen LogP contribution in [-0.4, -0.2) is 30.1 Å². The third-order valence-corrected chi connectivity index (χ3v) is 7.49. The largest absolute Gasteiger partial charge is 0.491 e. The van der Waals surface area contributed by atoms with Crippen LogP contribution in [0.4, 0.5) is 10.1 Å². The van der Waals surface area contributed by atoms with E-state index < -0.39 is 35.0 Å². The fourth-order valence-electron chi connectivity index (χ4n) is 5.35. The SMILES string of the molecule is O=C1C[C@@H](c2cccc(Cl)c2)[C@]2(C(=O)Nc3cc(Cl)ccc32)[C@@H](c2c(OCCO)ccc(Cl)c2F)N1. The Balaban J connectivity index is 1.83. The van der Waals surface area contributed by atoms with Crippen molar-refractivity contribution in [1.29, 1.82) is 0 Å². The highest BCUT2D eigenvalue weighted by atomic mass is 35.5. The fourth-order valence-corrected chi connectivity index (χ4v) is 5.88. The number of carbonyl (C=O) groups is 2. The molecule has 3 atom stereocenters. The van der Waals surface area contributed by atoms with E-state index in [4.69, 9.17) is 39.5 Å². The Bertz CT molecular complexity index is 1390. The van der Waals surface area contributed by atoms with Gasteiger partial charge in [-0.25, -0.2) is 4.39 Å². The molecule has 1 fully saturated rings. The molecule has 3 aromatic rings. The molecule has 2 aliphatic heterocycles. The normalized spacial score (nSPS) is 22.8. The zero-order chi connectivity index (χ0) is 25.6. The summed E-state index contributed by atoms with van der Waals surface area (Å²) in [5.74, 6) is -2.33. The molecule has 0 radical (unpaired) electrons. The Morgan fingerprint density at radius 2 is 1.83 bits per heavy atom. The fraction of sp³-hybridized carbons (Fsp3) is 0.231. The summed E-state index contributed by atoms with van der Waals surface area (Å²) in [5, 5.41) is 15.7. The lowest BCUT2D eigenvalue weighted by molar-refractivity contribution is -0.131. The molecular formula is C26H20Cl3FN2O4. The highest BCUT2D eigenvalue weighted by Crippen LogP contribution is 2.59. The molecule has 3 N–H and O–H groups in total. The maximum absolute atomic E-state index is 15.8. The zero-order valence-corrected chi connectivity index (χ0v) is 20.9. The van der Waals surface area contributed by atoms with E-state index >= 15 is 4.39 Å². The van der Waals surface area contributed by atoms with Gasteiger partial charge in [-0.2, -0.15) is 0 Å². The lowest BCUT2D eigenvalue weighted by Crippen LogP contribution is -2.57. The van der Waals surface area contributed by atoms with E-state index in [0.717, 1.165) is 0 Å². The van der Waals surface area contributed by atoms with Crippen molar-refractivity contribution in [2.45, 2.75) is 23.8 Å². The molecule has 0 unspecified atom stereocenters. The minimum absolute atomic E-state index is 0.0533. The smallest absolute Gasteiger partial charge is 0.238 e. The second kappa shape index (κ2) is 9.56. The second-order valence-electron chi connectivity index (χ2n) is 8.67. The number of benzene rings is 3. The predicted molar refractivity (Wildman–Crippen MR) is 135 cm³/mol. The third kappa shape index (κ3) is 3.91. The Morgan fingerprint density at radius 1 is 1.06 bits per heavy atom. The van der Waals surface area contributed by atoms with Crippen LogP contribution in [-0.2, 0) is 15.0 Å². The summed E-state index contributed by atoms with van der Waals surface area (Å²) in [7, 11) is 0. The molecule has 2 aliphatic rings. The summed E-state index contributed by atoms with van der Waals surface area (Å²) in [4.78, 5) is 27.1. The second-order valence-corrected chi connectivity index (χ2v) is 9.95. The Morgan fingerprint density at radius 3 is 2.58 bits per heavy atom. The number of piperidine rings is 1. The van der Waals surface area contributed by atoms with Gasteiger partial charge in [-0.05, 0) is 47.5 Å². The van der Waals surface area contributed by atoms with Gasteiger partial charge in [0, 0.05) is 28.1 Å². The first-order chi connectivity index (χ1) is 17.3. The molecule has 1 spiro atoms. The molecular weight excluding hydrogens is 530 g/mol. The Hall–Kier alpha value is -2.84. The first kappa shape index (κ1) is 24.8. The van der Waals surface area contributed by atoms with Crippen LogP contribution in [0.3, 0.4) is 0 Å². The van der Waals surface area contributed by atoms with Crippen molar-refractivity contribution >= 4 is 52.3 Å². The maximum Gasteiger partial charge on any atom is 0.238 e. The molecule has 0 aromatic heterocycles. The van der Waals surface area contributed by atoms with Gasteiger partial charge in [0.2, 0.25) is 11.8 Å². The quantitative estimate of drug-likeness (QED) is 0.398. The number of halogens is 4. The monoisotopic (exact) mass is 548 g/mol. The summed E-state index contributed by atoms with van der Waals surface area (Å²) in [6.45, 7) is -0.448. The number of aliphatic hydroxyl groups is 1. The van der Waals surface area contributed by atoms with E-state index in [1.54, 1.807) is 42.5 Å². The average Bonchev–Trinajstić information content (AvgIpc) is 3.12. The van der Waals surface area contributed by atoms with Gasteiger partial charge in [0.15, 0.2) is 5.82 Å². The number of rotatable bonds is 5. The maximum atomic E-state index is 15.8. The van der Waals surface area contributed by atoms with Crippen molar-refractivity contribution in [3.8, 4) is 5.75 Å². The minimum atomic E-state index is -1.50. The molecule has 10 heteroatoms. The predicted octanol–water partition coefficient (Wildman–Crippen LogP) is 5.39. The van der Waals surface area contributed by atoms with Gasteiger partial charge < -0.3 is 20.5 Å². The van der Waals surface area contributed by atoms with Crippen molar-refractivity contribution in [2.75, 3.05) is 18.5 Å². The van der Waals surface area contributed by atoms with Gasteiger partial charge in [-0.1, -0.05) is 53.0 Å². The van der Waals surface area contributed by atoms with Crippen LogP contribution >= 0.6 is 34.8 Å². The van der Waals surface area contributed by atoms with Gasteiger partial charge in [0.1, 0.15) is 17.8 Å². The highest BCUT2D eigenvalue weighted by Gasteiger charge is 2.62. The Labute approximate surface area is 221 Å². The lowest BCUT2D eigenvalue weighted by Gasteiger charge is -2.46. The van der Waals surface area contributed by atoms with Crippen molar-refractivity contribution in [3.63, 3.8) is 0 Å². The standard InChI is InChI=1S/C26H20Cl3FN2O4/c27-14-3-1-2-13(10-14)17-12-21(34)32-24(22-20(36-9-8-33)7-6-18(29)23(22)30)26(17)16-5-4-15(28)11-19(16)31-25(26)35/h1-7,10-11,17,24,33H,8-9,12H2,(H,31,35)(H,32,34)/t17-,24+,26-/m0/s1. The molecule has 5 rings (SSSR count). The van der Waals surface area contributed by atoms with Gasteiger partial charge in [0.05, 0.1) is 23.2 Å². The average molecular weight is 550 g/mol. The number of hydrogen-bond donors (Lipinski definition) is 3. The zero-order valence-electron chi connectivity index (χ0n) is 18.7. The van der Waals surface area contributed by atoms with Crippen LogP contribution in [0.2, 0.25) is 15.1 Å². The van der Waals surface area contributed by atoms with E-state index in [1.807, 2.05) is 0 Å². The number of anilines is 1. The number of ether oxygens (including phenoxy) is 1. The number of fused-ring (bicyclic) bond motifs is 2. The molecule has 0 saturated carbocycles. The van der Waals surface area contributed by atoms with Crippen molar-refractivity contribution < 1.29 is 23.8 Å². The molecule has 0 bridgehead atoms. The number of aliphatic hydroxyl groups excluding tert-OH is 1. The van der Waals surface area contributed by atoms with E-state index in [9.17, 15) is 14.7 Å². The number of hydrogen-bond acceptors (Lipinski definition) is 4. The molecule has 3 aromatic carbocycles. The molecule has 2 heterocycles. The van der Waals surface area contributed by atoms with Crippen LogP contribution in [0, 0.1) is 5.82 Å². The summed E-state index contributed by atoms with van der Waals surface area (Å²) >= 11 is 18.7. The van der Waals surface area contributed by atoms with Crippen molar-refractivity contribution in [3.05, 3.63) is 92.2 Å². The van der Waals surface area contributed by atoms with Gasteiger partial charge in [0.25, 0.3) is 0 Å². The topological polar surface area (TPSA) is 87.7 Å². The van der Waals surface area contributed by atoms with Gasteiger partial charge in [-0.3, -0.25) is 9.59 Å². The molecule has 0 aliphatic carbocycles. The van der Waals surface area contributed by atoms with Crippen molar-refractivity contribution in [1.82, 2.24) is 5.32 Å². The van der Waals surface area contributed by atoms with E-state index in [1.165, 1.54) is 12.1 Å². The molecule has 2 amide bonds. The first-order valence-corrected chi connectivity index (χ1v) is 12.3. The van der Waals surface area contributed by atoms with Crippen LogP contribution in [0.25, 0.3) is 0 Å². The van der Waals surface area contributed by atoms with Crippen LogP contribution < -0.4 is 15.4 Å². The Kier molecular flexibility index (Phi) is 6.59.